The molecule has 1 aliphatic heterocycles. The van der Waals surface area contributed by atoms with E-state index in [1.54, 1.807) is 0 Å². The van der Waals surface area contributed by atoms with Gasteiger partial charge in [-0.15, -0.1) is 0 Å². The third kappa shape index (κ3) is 3.68. The SMILES string of the molecule is O=C(C1CCc2cc(S(=O)(=O)Cl)ccc2NC1)C(F)(F)F. The summed E-state index contributed by atoms with van der Waals surface area (Å²) in [4.78, 5) is 11.1. The second kappa shape index (κ2) is 5.49. The van der Waals surface area contributed by atoms with Crippen molar-refractivity contribution in [2.24, 2.45) is 5.92 Å². The Morgan fingerprint density at radius 2 is 2.00 bits per heavy atom. The lowest BCUT2D eigenvalue weighted by atomic mass is 9.96. The van der Waals surface area contributed by atoms with E-state index in [0.717, 1.165) is 0 Å². The third-order valence-corrected chi connectivity index (χ3v) is 4.66. The Kier molecular flexibility index (Phi) is 4.21. The Labute approximate surface area is 123 Å². The third-order valence-electron chi connectivity index (χ3n) is 3.31. The van der Waals surface area contributed by atoms with Crippen LogP contribution in [-0.2, 0) is 20.3 Å². The lowest BCUT2D eigenvalue weighted by Gasteiger charge is -2.15. The highest BCUT2D eigenvalue weighted by atomic mass is 35.7. The Hall–Kier alpha value is -1.28. The fourth-order valence-corrected chi connectivity index (χ4v) is 3.02. The molecule has 0 fully saturated rings. The van der Waals surface area contributed by atoms with E-state index in [1.165, 1.54) is 18.2 Å². The maximum absolute atomic E-state index is 12.4. The van der Waals surface area contributed by atoms with E-state index in [-0.39, 0.29) is 24.3 Å². The number of Topliss-reactive ketones (excluding diaryl/α,β-unsaturated/α-hetero) is 1. The van der Waals surface area contributed by atoms with E-state index in [0.29, 0.717) is 11.3 Å². The van der Waals surface area contributed by atoms with Crippen molar-refractivity contribution in [3.05, 3.63) is 23.8 Å². The number of fused-ring (bicyclic) bond motifs is 1. The Morgan fingerprint density at radius 3 is 2.57 bits per heavy atom. The van der Waals surface area contributed by atoms with E-state index in [9.17, 15) is 26.4 Å². The molecular weight excluding hydrogens is 331 g/mol. The molecule has 1 aromatic carbocycles. The van der Waals surface area contributed by atoms with Gasteiger partial charge in [-0.3, -0.25) is 4.79 Å². The van der Waals surface area contributed by atoms with Gasteiger partial charge in [-0.05, 0) is 36.6 Å². The molecule has 1 heterocycles. The summed E-state index contributed by atoms with van der Waals surface area (Å²) in [7, 11) is 1.33. The van der Waals surface area contributed by atoms with Crippen molar-refractivity contribution in [2.45, 2.75) is 23.9 Å². The first-order valence-corrected chi connectivity index (χ1v) is 8.32. The summed E-state index contributed by atoms with van der Waals surface area (Å²) in [5, 5.41) is 2.75. The van der Waals surface area contributed by atoms with Crippen LogP contribution in [0.25, 0.3) is 0 Å². The molecule has 0 bridgehead atoms. The van der Waals surface area contributed by atoms with Crippen molar-refractivity contribution in [1.29, 1.82) is 0 Å². The monoisotopic (exact) mass is 341 g/mol. The van der Waals surface area contributed by atoms with Gasteiger partial charge in [0.25, 0.3) is 9.05 Å². The Balaban J connectivity index is 2.24. The first kappa shape index (κ1) is 16.1. The number of benzene rings is 1. The highest BCUT2D eigenvalue weighted by Crippen LogP contribution is 2.30. The fraction of sp³-hybridized carbons (Fsp3) is 0.417. The predicted octanol–water partition coefficient (Wildman–Crippen LogP) is 2.72. The zero-order chi connectivity index (χ0) is 15.8. The summed E-state index contributed by atoms with van der Waals surface area (Å²) in [5.41, 5.74) is 1.03. The van der Waals surface area contributed by atoms with E-state index >= 15 is 0 Å². The number of nitrogens with one attached hydrogen (secondary N) is 1. The molecule has 0 saturated carbocycles. The molecule has 0 amide bonds. The summed E-state index contributed by atoms with van der Waals surface area (Å²) in [5.74, 6) is -2.96. The molecule has 0 spiro atoms. The number of halogens is 4. The van der Waals surface area contributed by atoms with Gasteiger partial charge in [0.1, 0.15) is 0 Å². The molecule has 21 heavy (non-hydrogen) atoms. The summed E-state index contributed by atoms with van der Waals surface area (Å²) in [6, 6.07) is 4.01. The second-order valence-corrected chi connectivity index (χ2v) is 7.30. The Morgan fingerprint density at radius 1 is 1.33 bits per heavy atom. The van der Waals surface area contributed by atoms with Gasteiger partial charge in [-0.25, -0.2) is 8.42 Å². The molecule has 0 aromatic heterocycles. The summed E-state index contributed by atoms with van der Waals surface area (Å²) >= 11 is 0. The molecule has 0 radical (unpaired) electrons. The van der Waals surface area contributed by atoms with Crippen molar-refractivity contribution in [3.8, 4) is 0 Å². The zero-order valence-corrected chi connectivity index (χ0v) is 12.1. The molecule has 4 nitrogen and oxygen atoms in total. The van der Waals surface area contributed by atoms with Crippen LogP contribution in [-0.4, -0.2) is 26.9 Å². The number of rotatable bonds is 2. The van der Waals surface area contributed by atoms with Crippen molar-refractivity contribution < 1.29 is 26.4 Å². The van der Waals surface area contributed by atoms with Crippen LogP contribution >= 0.6 is 10.7 Å². The van der Waals surface area contributed by atoms with Gasteiger partial charge in [0.2, 0.25) is 5.78 Å². The van der Waals surface area contributed by atoms with Gasteiger partial charge >= 0.3 is 6.18 Å². The van der Waals surface area contributed by atoms with Gasteiger partial charge in [0.05, 0.1) is 4.90 Å². The van der Waals surface area contributed by atoms with Gasteiger partial charge in [0.15, 0.2) is 0 Å². The van der Waals surface area contributed by atoms with Crippen molar-refractivity contribution in [1.82, 2.24) is 0 Å². The Bertz CT molecular complexity index is 673. The van der Waals surface area contributed by atoms with E-state index in [1.807, 2.05) is 0 Å². The highest BCUT2D eigenvalue weighted by Gasteiger charge is 2.43. The number of alkyl halides is 3. The van der Waals surface area contributed by atoms with Gasteiger partial charge in [-0.2, -0.15) is 13.2 Å². The highest BCUT2D eigenvalue weighted by molar-refractivity contribution is 8.13. The maximum Gasteiger partial charge on any atom is 0.450 e. The molecule has 2 rings (SSSR count). The van der Waals surface area contributed by atoms with Crippen LogP contribution in [0.5, 0.6) is 0 Å². The lowest BCUT2D eigenvalue weighted by Crippen LogP contribution is -2.34. The number of hydrogen-bond donors (Lipinski definition) is 1. The maximum atomic E-state index is 12.4. The van der Waals surface area contributed by atoms with Crippen LogP contribution < -0.4 is 5.32 Å². The summed E-state index contributed by atoms with van der Waals surface area (Å²) in [6.07, 6.45) is -4.72. The number of aryl methyl sites for hydroxylation is 1. The molecule has 1 aromatic rings. The minimum atomic E-state index is -4.87. The van der Waals surface area contributed by atoms with Gasteiger partial charge in [0, 0.05) is 28.8 Å². The molecular formula is C12H11ClF3NO3S. The second-order valence-electron chi connectivity index (χ2n) is 4.74. The average Bonchev–Trinajstić information content (AvgIpc) is 2.57. The minimum Gasteiger partial charge on any atom is -0.384 e. The van der Waals surface area contributed by atoms with Gasteiger partial charge in [-0.1, -0.05) is 0 Å². The predicted molar refractivity (Wildman–Crippen MR) is 70.8 cm³/mol. The minimum absolute atomic E-state index is 0.00979. The number of ketones is 1. The summed E-state index contributed by atoms with van der Waals surface area (Å²) in [6.45, 7) is -0.141. The molecule has 9 heteroatoms. The average molecular weight is 342 g/mol. The van der Waals surface area contributed by atoms with E-state index in [2.05, 4.69) is 5.32 Å². The molecule has 116 valence electrons. The van der Waals surface area contributed by atoms with Crippen molar-refractivity contribution in [2.75, 3.05) is 11.9 Å². The number of hydrogen-bond acceptors (Lipinski definition) is 4. The fourth-order valence-electron chi connectivity index (χ4n) is 2.22. The first-order valence-electron chi connectivity index (χ1n) is 6.01. The van der Waals surface area contributed by atoms with E-state index in [4.69, 9.17) is 10.7 Å². The first-order chi connectivity index (χ1) is 9.59. The van der Waals surface area contributed by atoms with Crippen LogP contribution in [0.1, 0.15) is 12.0 Å². The van der Waals surface area contributed by atoms with Crippen LogP contribution in [0.4, 0.5) is 18.9 Å². The largest absolute Gasteiger partial charge is 0.450 e. The van der Waals surface area contributed by atoms with E-state index < -0.39 is 26.9 Å². The van der Waals surface area contributed by atoms with Gasteiger partial charge < -0.3 is 5.32 Å². The molecule has 0 saturated heterocycles. The normalized spacial score (nSPS) is 19.3. The quantitative estimate of drug-likeness (QED) is 0.840. The topological polar surface area (TPSA) is 63.2 Å². The van der Waals surface area contributed by atoms with Crippen LogP contribution in [0.15, 0.2) is 23.1 Å². The molecule has 1 aliphatic rings. The number of carbonyl (C=O) groups excluding carboxylic acids is 1. The standard InChI is InChI=1S/C12H11ClF3NO3S/c13-21(19,20)9-3-4-10-7(5-9)1-2-8(6-17-10)11(18)12(14,15)16/h3-5,8,17H,1-2,6H2. The van der Waals surface area contributed by atoms with Crippen molar-refractivity contribution >= 4 is 31.2 Å². The number of anilines is 1. The molecule has 1 N–H and O–H groups in total. The zero-order valence-electron chi connectivity index (χ0n) is 10.6. The molecule has 1 unspecified atom stereocenters. The smallest absolute Gasteiger partial charge is 0.384 e. The summed E-state index contributed by atoms with van der Waals surface area (Å²) < 4.78 is 59.8. The molecule has 0 aliphatic carbocycles. The van der Waals surface area contributed by atoms with Crippen molar-refractivity contribution in [3.63, 3.8) is 0 Å². The number of carbonyl (C=O) groups is 1. The van der Waals surface area contributed by atoms with Crippen LogP contribution in [0.3, 0.4) is 0 Å². The lowest BCUT2D eigenvalue weighted by molar-refractivity contribution is -0.175. The molecule has 1 atom stereocenters. The van der Waals surface area contributed by atoms with Crippen LogP contribution in [0, 0.1) is 5.92 Å². The van der Waals surface area contributed by atoms with Crippen LogP contribution in [0.2, 0.25) is 0 Å².